The number of hydrogen-bond donors (Lipinski definition) is 2. The van der Waals surface area contributed by atoms with Gasteiger partial charge in [-0.3, -0.25) is 24.1 Å². The van der Waals surface area contributed by atoms with Gasteiger partial charge in [-0.2, -0.15) is 0 Å². The molecule has 0 saturated carbocycles. The average Bonchev–Trinajstić information content (AvgIpc) is 3.82. The van der Waals surface area contributed by atoms with E-state index in [0.29, 0.717) is 50.0 Å². The van der Waals surface area contributed by atoms with Gasteiger partial charge in [0.05, 0.1) is 32.3 Å². The Kier molecular flexibility index (Phi) is 25.8. The van der Waals surface area contributed by atoms with Gasteiger partial charge in [0.1, 0.15) is 41.6 Å². The molecule has 9 atom stereocenters. The summed E-state index contributed by atoms with van der Waals surface area (Å²) in [5.74, 6) is -2.78. The van der Waals surface area contributed by atoms with Crippen LogP contribution in [0.25, 0.3) is 0 Å². The first-order chi connectivity index (χ1) is 34.8. The molecule has 0 bridgehead atoms. The maximum atomic E-state index is 14.3. The summed E-state index contributed by atoms with van der Waals surface area (Å²) in [6.07, 6.45) is 1.09. The van der Waals surface area contributed by atoms with Crippen LogP contribution >= 0.6 is 11.8 Å². The van der Waals surface area contributed by atoms with E-state index in [1.807, 2.05) is 41.5 Å². The predicted molar refractivity (Wildman–Crippen MR) is 301 cm³/mol. The van der Waals surface area contributed by atoms with Crippen LogP contribution in [-0.2, 0) is 53.8 Å². The van der Waals surface area contributed by atoms with E-state index in [0.717, 1.165) is 11.8 Å². The summed E-state index contributed by atoms with van der Waals surface area (Å²) in [4.78, 5) is 99.6. The minimum absolute atomic E-state index is 0.0552. The van der Waals surface area contributed by atoms with Crippen LogP contribution in [0.15, 0.2) is 35.9 Å². The number of amides is 4. The minimum atomic E-state index is -2.44. The van der Waals surface area contributed by atoms with Crippen LogP contribution in [0, 0.1) is 23.2 Å². The van der Waals surface area contributed by atoms with Crippen LogP contribution in [0.1, 0.15) is 142 Å². The number of aliphatic hydroxyl groups is 1. The van der Waals surface area contributed by atoms with Crippen LogP contribution in [0.5, 0.6) is 5.75 Å². The molecular formula is C57H96N4O13SSi. The fourth-order valence-corrected chi connectivity index (χ4v) is 10.8. The van der Waals surface area contributed by atoms with E-state index >= 15 is 0 Å². The van der Waals surface area contributed by atoms with Crippen LogP contribution in [0.4, 0.5) is 4.79 Å². The normalized spacial score (nSPS) is 17.8. The van der Waals surface area contributed by atoms with E-state index in [2.05, 4.69) is 46.1 Å². The highest BCUT2D eigenvalue weighted by atomic mass is 32.2. The molecule has 19 heteroatoms. The second-order valence-corrected chi connectivity index (χ2v) is 30.6. The van der Waals surface area contributed by atoms with E-state index in [1.54, 1.807) is 52.0 Å². The predicted octanol–water partition coefficient (Wildman–Crippen LogP) is 8.98. The number of nitrogens with zero attached hydrogens (tertiary/aromatic N) is 3. The lowest BCUT2D eigenvalue weighted by molar-refractivity contribution is -0.161. The Morgan fingerprint density at radius 3 is 1.97 bits per heavy atom. The molecule has 0 aromatic heterocycles. The van der Waals surface area contributed by atoms with Crippen molar-refractivity contribution in [2.45, 2.75) is 209 Å². The number of ether oxygens (including phenoxy) is 4. The minimum Gasteiger partial charge on any atom is -0.497 e. The Hall–Kier alpha value is -4.46. The molecule has 432 valence electrons. The molecule has 0 aliphatic carbocycles. The number of carbonyl (C=O) groups excluding carboxylic acids is 7. The van der Waals surface area contributed by atoms with Crippen molar-refractivity contribution in [3.8, 4) is 5.75 Å². The van der Waals surface area contributed by atoms with E-state index < -0.39 is 103 Å². The third-order valence-corrected chi connectivity index (χ3v) is 20.1. The third kappa shape index (κ3) is 20.7. The van der Waals surface area contributed by atoms with Crippen LogP contribution in [0.2, 0.25) is 18.1 Å². The molecule has 4 amide bonds. The molecule has 0 spiro atoms. The maximum Gasteiger partial charge on any atom is 0.411 e. The van der Waals surface area contributed by atoms with Gasteiger partial charge >= 0.3 is 18.0 Å². The van der Waals surface area contributed by atoms with Gasteiger partial charge in [-0.25, -0.2) is 14.4 Å². The molecule has 1 aliphatic heterocycles. The number of thioether (sulfide) groups is 1. The van der Waals surface area contributed by atoms with E-state index in [4.69, 9.17) is 23.4 Å². The number of likely N-dealkylation sites (tertiary alicyclic amines) is 1. The zero-order valence-corrected chi connectivity index (χ0v) is 51.7. The average molecular weight is 1110 g/mol. The summed E-state index contributed by atoms with van der Waals surface area (Å²) < 4.78 is 29.2. The molecule has 17 nitrogen and oxygen atoms in total. The molecular weight excluding hydrogens is 1010 g/mol. The quantitative estimate of drug-likeness (QED) is 0.0406. The van der Waals surface area contributed by atoms with Crippen molar-refractivity contribution in [3.05, 3.63) is 41.5 Å². The van der Waals surface area contributed by atoms with Crippen molar-refractivity contribution in [2.75, 3.05) is 40.6 Å². The van der Waals surface area contributed by atoms with Crippen molar-refractivity contribution < 1.29 is 62.0 Å². The van der Waals surface area contributed by atoms with Gasteiger partial charge in [-0.05, 0) is 126 Å². The summed E-state index contributed by atoms with van der Waals surface area (Å²) in [6, 6.07) is 3.22. The number of hydrogen-bond acceptors (Lipinski definition) is 14. The maximum absolute atomic E-state index is 14.3. The third-order valence-electron chi connectivity index (χ3n) is 14.5. The fourth-order valence-electron chi connectivity index (χ4n) is 8.49. The van der Waals surface area contributed by atoms with Crippen LogP contribution in [-0.4, -0.2) is 158 Å². The number of esters is 2. The SMILES string of the molecule is COC(=O)[C@H](CC(C)C)N(C)C(=O)[C@H](C)N(C)C(=O)[C@H](Cc1ccc(OC)cc1)NC(=O)/C(C)=C/[C@@H](O)CSC(=O)[C@@H](C)[C@H](C[C@H](C)C[C@H](OC(=O)[C@@H]1CCCN1C(=O)OC(C)(C)C)C(C)(C)C)O[Si](C)(C)C(C)(C)C. The van der Waals surface area contributed by atoms with Crippen LogP contribution < -0.4 is 10.1 Å². The number of rotatable bonds is 25. The molecule has 1 fully saturated rings. The Bertz CT molecular complexity index is 2150. The molecule has 1 heterocycles. The number of likely N-dealkylation sites (N-methyl/N-ethyl adjacent to an activating group) is 2. The molecule has 0 unspecified atom stereocenters. The highest BCUT2D eigenvalue weighted by Gasteiger charge is 2.44. The van der Waals surface area contributed by atoms with Crippen molar-refractivity contribution in [1.82, 2.24) is 20.0 Å². The number of methoxy groups -OCH3 is 2. The molecule has 1 aliphatic rings. The first kappa shape index (κ1) is 67.6. The monoisotopic (exact) mass is 1100 g/mol. The van der Waals surface area contributed by atoms with Gasteiger partial charge in [0.2, 0.25) is 17.7 Å². The summed E-state index contributed by atoms with van der Waals surface area (Å²) in [7, 11) is 3.32. The highest BCUT2D eigenvalue weighted by molar-refractivity contribution is 8.13. The second-order valence-electron chi connectivity index (χ2n) is 24.8. The summed E-state index contributed by atoms with van der Waals surface area (Å²) in [5.41, 5.74) is -0.353. The first-order valence-corrected chi connectivity index (χ1v) is 30.7. The summed E-state index contributed by atoms with van der Waals surface area (Å²) >= 11 is 0.948. The molecule has 1 aromatic carbocycles. The number of nitrogens with one attached hydrogen (secondary N) is 1. The number of carbonyl (C=O) groups is 7. The van der Waals surface area contributed by atoms with Crippen LogP contribution in [0.3, 0.4) is 0 Å². The van der Waals surface area contributed by atoms with Gasteiger partial charge in [0.15, 0.2) is 13.4 Å². The topological polar surface area (TPSA) is 208 Å². The van der Waals surface area contributed by atoms with Crippen molar-refractivity contribution in [1.29, 1.82) is 0 Å². The highest BCUT2D eigenvalue weighted by Crippen LogP contribution is 2.40. The fraction of sp³-hybridized carbons (Fsp3) is 0.737. The second kappa shape index (κ2) is 29.0. The number of benzene rings is 1. The van der Waals surface area contributed by atoms with Gasteiger partial charge in [0, 0.05) is 38.4 Å². The van der Waals surface area contributed by atoms with Gasteiger partial charge in [0.25, 0.3) is 0 Å². The zero-order valence-electron chi connectivity index (χ0n) is 49.9. The van der Waals surface area contributed by atoms with Crippen molar-refractivity contribution >= 4 is 60.9 Å². The molecule has 76 heavy (non-hydrogen) atoms. The Balaban J connectivity index is 2.31. The Morgan fingerprint density at radius 2 is 1.46 bits per heavy atom. The standard InChI is InChI=1S/C57H96N4O13SSi/c1-35(2)29-45(51(66)71-19)60(17)49(64)39(6)59(16)50(65)43(33-40-24-26-42(70-18)27-25-40)58-48(63)37(4)32-41(62)34-75-53(68)38(5)46(74-76(20,21)57(13,14)15)30-36(3)31-47(55(7,8)9)72-52(67)44-23-22-28-61(44)54(69)73-56(10,11)12/h24-27,32,35-36,38-39,41,43-47,62H,22-23,28-31,33-34H2,1-21H3,(H,58,63)/b37-32+/t36-,38-,39-,41+,43-,44-,45-,46-,47-/m0/s1. The van der Waals surface area contributed by atoms with Gasteiger partial charge in [-0.15, -0.1) is 0 Å². The lowest BCUT2D eigenvalue weighted by atomic mass is 9.81. The van der Waals surface area contributed by atoms with E-state index in [9.17, 15) is 38.7 Å². The molecule has 1 aromatic rings. The first-order valence-electron chi connectivity index (χ1n) is 26.8. The smallest absolute Gasteiger partial charge is 0.411 e. The van der Waals surface area contributed by atoms with Crippen molar-refractivity contribution in [2.24, 2.45) is 23.2 Å². The van der Waals surface area contributed by atoms with E-state index in [-0.39, 0.29) is 39.7 Å². The van der Waals surface area contributed by atoms with E-state index in [1.165, 1.54) is 56.0 Å². The zero-order chi connectivity index (χ0) is 58.4. The largest absolute Gasteiger partial charge is 0.497 e. The lowest BCUT2D eigenvalue weighted by Crippen LogP contribution is -2.56. The lowest BCUT2D eigenvalue weighted by Gasteiger charge is -2.42. The van der Waals surface area contributed by atoms with Gasteiger partial charge < -0.3 is 43.6 Å². The number of aliphatic hydroxyl groups excluding tert-OH is 1. The molecule has 2 rings (SSSR count). The van der Waals surface area contributed by atoms with Crippen molar-refractivity contribution in [3.63, 3.8) is 0 Å². The summed E-state index contributed by atoms with van der Waals surface area (Å²) in [5, 5.41) is 13.7. The Labute approximate surface area is 460 Å². The molecule has 2 N–H and O–H groups in total. The molecule has 1 saturated heterocycles. The Morgan fingerprint density at radius 1 is 0.868 bits per heavy atom. The van der Waals surface area contributed by atoms with Gasteiger partial charge in [-0.1, -0.05) is 93.1 Å². The summed E-state index contributed by atoms with van der Waals surface area (Å²) in [6.45, 7) is 33.3. The molecule has 0 radical (unpaired) electrons.